The maximum absolute atomic E-state index is 5.03. The molecule has 3 rings (SSSR count). The lowest BCUT2D eigenvalue weighted by Crippen LogP contribution is -2.01. The zero-order valence-electron chi connectivity index (χ0n) is 26.2. The molecule has 0 aliphatic heterocycles. The number of hydrogen-bond donors (Lipinski definition) is 0. The van der Waals surface area contributed by atoms with Crippen LogP contribution in [-0.4, -0.2) is 11.7 Å². The molecule has 2 heteroatoms. The van der Waals surface area contributed by atoms with Crippen molar-refractivity contribution in [3.63, 3.8) is 0 Å². The van der Waals surface area contributed by atoms with Crippen LogP contribution in [0.15, 0.2) is 71.5 Å². The lowest BCUT2D eigenvalue weighted by atomic mass is 9.89. The molecule has 0 aliphatic carbocycles. The van der Waals surface area contributed by atoms with Gasteiger partial charge in [-0.3, -0.25) is 0 Å². The largest absolute Gasteiger partial charge is 0.205 e. The van der Waals surface area contributed by atoms with Crippen LogP contribution < -0.4 is 0 Å². The standard InChI is InChI=1S/C38H53N2/c1-7-11-14-16-21-32-24-25-36(29-34(32)19-12-8-2)39-40(6)30(5)26-31-27-35(20-13-9-3)37(10-4)38(28-31)33-22-17-15-18-23-33/h15,17-18,22-29H,7-14,16,19-21H2,1-6H3/q+1. The van der Waals surface area contributed by atoms with Crippen LogP contribution in [-0.2, 0) is 25.7 Å². The summed E-state index contributed by atoms with van der Waals surface area (Å²) in [5.74, 6) is 0. The highest BCUT2D eigenvalue weighted by molar-refractivity contribution is 5.73. The van der Waals surface area contributed by atoms with Crippen LogP contribution in [0.3, 0.4) is 0 Å². The Bertz CT molecular complexity index is 1250. The lowest BCUT2D eigenvalue weighted by molar-refractivity contribution is -0.510. The highest BCUT2D eigenvalue weighted by atomic mass is 15.2. The van der Waals surface area contributed by atoms with E-state index in [0.29, 0.717) is 0 Å². The van der Waals surface area contributed by atoms with Crippen LogP contribution in [0.2, 0.25) is 0 Å². The van der Waals surface area contributed by atoms with Gasteiger partial charge in [0.05, 0.1) is 0 Å². The van der Waals surface area contributed by atoms with E-state index in [1.54, 1.807) is 0 Å². The minimum absolute atomic E-state index is 1.05. The molecule has 0 bridgehead atoms. The second-order valence-electron chi connectivity index (χ2n) is 11.3. The van der Waals surface area contributed by atoms with Gasteiger partial charge in [-0.2, -0.15) is 0 Å². The van der Waals surface area contributed by atoms with Gasteiger partial charge in [0.2, 0.25) is 5.70 Å². The summed E-state index contributed by atoms with van der Waals surface area (Å²) in [4.78, 5) is 0. The molecule has 40 heavy (non-hydrogen) atoms. The second kappa shape index (κ2) is 17.0. The third kappa shape index (κ3) is 9.29. The number of nitrogens with zero attached hydrogens (tertiary/aromatic N) is 2. The van der Waals surface area contributed by atoms with Crippen LogP contribution in [0.25, 0.3) is 17.2 Å². The molecule has 0 unspecified atom stereocenters. The summed E-state index contributed by atoms with van der Waals surface area (Å²) in [6, 6.07) is 22.5. The molecular weight excluding hydrogens is 484 g/mol. The summed E-state index contributed by atoms with van der Waals surface area (Å²) in [7, 11) is 2.08. The van der Waals surface area contributed by atoms with E-state index < -0.39 is 0 Å². The monoisotopic (exact) mass is 537 g/mol. The first-order valence-electron chi connectivity index (χ1n) is 16.0. The molecule has 0 spiro atoms. The summed E-state index contributed by atoms with van der Waals surface area (Å²) in [5.41, 5.74) is 12.1. The number of hydrogen-bond acceptors (Lipinski definition) is 1. The Morgan fingerprint density at radius 3 is 2.05 bits per heavy atom. The van der Waals surface area contributed by atoms with E-state index in [1.807, 2.05) is 4.70 Å². The number of aryl methyl sites for hydroxylation is 3. The Kier molecular flexibility index (Phi) is 13.4. The molecule has 0 radical (unpaired) electrons. The number of benzene rings is 3. The van der Waals surface area contributed by atoms with Crippen molar-refractivity contribution < 1.29 is 4.70 Å². The van der Waals surface area contributed by atoms with Crippen LogP contribution >= 0.6 is 0 Å². The summed E-state index contributed by atoms with van der Waals surface area (Å²) in [6.07, 6.45) is 16.9. The van der Waals surface area contributed by atoms with Crippen molar-refractivity contribution in [2.24, 2.45) is 5.11 Å². The Morgan fingerprint density at radius 1 is 0.700 bits per heavy atom. The van der Waals surface area contributed by atoms with Gasteiger partial charge in [-0.1, -0.05) is 107 Å². The first-order chi connectivity index (χ1) is 19.5. The zero-order chi connectivity index (χ0) is 28.7. The Morgan fingerprint density at radius 2 is 1.38 bits per heavy atom. The van der Waals surface area contributed by atoms with Gasteiger partial charge in [0.25, 0.3) is 0 Å². The van der Waals surface area contributed by atoms with Gasteiger partial charge < -0.3 is 0 Å². The van der Waals surface area contributed by atoms with Crippen LogP contribution in [0.4, 0.5) is 5.69 Å². The third-order valence-corrected chi connectivity index (χ3v) is 8.04. The van der Waals surface area contributed by atoms with Crippen LogP contribution in [0.1, 0.15) is 114 Å². The lowest BCUT2D eigenvalue weighted by Gasteiger charge is -2.16. The topological polar surface area (TPSA) is 15.4 Å². The first-order valence-corrected chi connectivity index (χ1v) is 16.0. The van der Waals surface area contributed by atoms with E-state index in [1.165, 1.54) is 96.7 Å². The molecule has 3 aromatic rings. The minimum atomic E-state index is 1.05. The molecule has 0 saturated heterocycles. The van der Waals surface area contributed by atoms with E-state index in [-0.39, 0.29) is 0 Å². The molecule has 0 N–H and O–H groups in total. The van der Waals surface area contributed by atoms with Gasteiger partial charge in [0.15, 0.2) is 7.05 Å². The van der Waals surface area contributed by atoms with Crippen molar-refractivity contribution in [2.45, 2.75) is 112 Å². The smallest absolute Gasteiger partial charge is 0.0909 e. The van der Waals surface area contributed by atoms with E-state index in [9.17, 15) is 0 Å². The molecule has 0 fully saturated rings. The number of rotatable bonds is 16. The van der Waals surface area contributed by atoms with E-state index in [0.717, 1.165) is 30.6 Å². The predicted octanol–water partition coefficient (Wildman–Crippen LogP) is 11.5. The van der Waals surface area contributed by atoms with Gasteiger partial charge in [0.1, 0.15) is 5.69 Å². The number of allylic oxidation sites excluding steroid dienone is 1. The quantitative estimate of drug-likeness (QED) is 0.0980. The van der Waals surface area contributed by atoms with E-state index >= 15 is 0 Å². The van der Waals surface area contributed by atoms with Crippen molar-refractivity contribution in [2.75, 3.05) is 7.05 Å². The van der Waals surface area contributed by atoms with Gasteiger partial charge in [-0.25, -0.2) is 0 Å². The predicted molar refractivity (Wildman–Crippen MR) is 175 cm³/mol. The Labute approximate surface area is 245 Å². The number of unbranched alkanes of at least 4 members (excludes halogenated alkanes) is 5. The average molecular weight is 538 g/mol. The molecule has 0 atom stereocenters. The van der Waals surface area contributed by atoms with Gasteiger partial charge in [-0.05, 0) is 107 Å². The highest BCUT2D eigenvalue weighted by Crippen LogP contribution is 2.31. The van der Waals surface area contributed by atoms with Crippen LogP contribution in [0, 0.1) is 0 Å². The van der Waals surface area contributed by atoms with E-state index in [4.69, 9.17) is 5.11 Å². The van der Waals surface area contributed by atoms with Gasteiger partial charge in [0, 0.05) is 13.0 Å². The Balaban J connectivity index is 1.93. The number of azo groups is 2. The van der Waals surface area contributed by atoms with Crippen molar-refractivity contribution in [3.05, 3.63) is 94.2 Å². The molecule has 2 nitrogen and oxygen atoms in total. The summed E-state index contributed by atoms with van der Waals surface area (Å²) in [6.45, 7) is 11.3. The molecule has 0 amide bonds. The SMILES string of the molecule is CCCCCCc1ccc(N=[N+](C)C(C)=Cc2cc(CCCC)c(CC)c(-c3ccccc3)c2)cc1CCCC. The maximum Gasteiger partial charge on any atom is 0.205 e. The summed E-state index contributed by atoms with van der Waals surface area (Å²) in [5, 5.41) is 5.03. The Hall–Kier alpha value is -3.00. The van der Waals surface area contributed by atoms with Gasteiger partial charge >= 0.3 is 0 Å². The summed E-state index contributed by atoms with van der Waals surface area (Å²) < 4.78 is 2.04. The highest BCUT2D eigenvalue weighted by Gasteiger charge is 2.13. The van der Waals surface area contributed by atoms with Crippen molar-refractivity contribution in [1.82, 2.24) is 0 Å². The molecule has 0 aromatic heterocycles. The fraction of sp³-hybridized carbons (Fsp3) is 0.474. The minimum Gasteiger partial charge on any atom is -0.0909 e. The third-order valence-electron chi connectivity index (χ3n) is 8.04. The normalized spacial score (nSPS) is 12.2. The molecule has 3 aromatic carbocycles. The van der Waals surface area contributed by atoms with Gasteiger partial charge in [-0.15, -0.1) is 0 Å². The first kappa shape index (κ1) is 31.5. The molecule has 214 valence electrons. The maximum atomic E-state index is 5.03. The molecule has 0 saturated carbocycles. The van der Waals surface area contributed by atoms with Crippen molar-refractivity contribution in [3.8, 4) is 11.1 Å². The van der Waals surface area contributed by atoms with Crippen molar-refractivity contribution in [1.29, 1.82) is 0 Å². The fourth-order valence-electron chi connectivity index (χ4n) is 5.57. The second-order valence-corrected chi connectivity index (χ2v) is 11.3. The molecule has 0 aliphatic rings. The zero-order valence-corrected chi connectivity index (χ0v) is 26.2. The van der Waals surface area contributed by atoms with Crippen molar-refractivity contribution >= 4 is 11.8 Å². The summed E-state index contributed by atoms with van der Waals surface area (Å²) >= 11 is 0. The molecular formula is C38H53N2+. The molecule has 0 heterocycles. The van der Waals surface area contributed by atoms with Crippen LogP contribution in [0.5, 0.6) is 0 Å². The fourth-order valence-corrected chi connectivity index (χ4v) is 5.57. The van der Waals surface area contributed by atoms with E-state index in [2.05, 4.69) is 108 Å². The average Bonchev–Trinajstić information content (AvgIpc) is 2.98.